The van der Waals surface area contributed by atoms with Crippen LogP contribution in [0.15, 0.2) is 0 Å². The number of aliphatic hydroxyl groups is 2. The van der Waals surface area contributed by atoms with Crippen LogP contribution in [-0.4, -0.2) is 56.1 Å². The molecule has 5 nitrogen and oxygen atoms in total. The highest BCUT2D eigenvalue weighted by Gasteiger charge is 2.25. The van der Waals surface area contributed by atoms with Crippen molar-refractivity contribution < 1.29 is 23.4 Å². The lowest BCUT2D eigenvalue weighted by molar-refractivity contribution is -0.00343. The first-order valence-corrected chi connectivity index (χ1v) is 14.3. The summed E-state index contributed by atoms with van der Waals surface area (Å²) in [7, 11) is -1.96. The van der Waals surface area contributed by atoms with E-state index in [1.54, 1.807) is 0 Å². The molecular weight excluding hydrogens is 400 g/mol. The molecule has 0 amide bonds. The third-order valence-corrected chi connectivity index (χ3v) is 7.55. The van der Waals surface area contributed by atoms with Gasteiger partial charge in [-0.3, -0.25) is 0 Å². The molecule has 0 spiro atoms. The fourth-order valence-electron chi connectivity index (χ4n) is 3.90. The summed E-state index contributed by atoms with van der Waals surface area (Å²) in [5.41, 5.74) is 0. The van der Waals surface area contributed by atoms with Crippen molar-refractivity contribution >= 4 is 9.84 Å². The number of hydrogen-bond acceptors (Lipinski definition) is 5. The molecule has 0 aliphatic heterocycles. The quantitative estimate of drug-likeness (QED) is 0.203. The van der Waals surface area contributed by atoms with E-state index in [0.717, 1.165) is 12.8 Å². The molecule has 2 N–H and O–H groups in total. The van der Waals surface area contributed by atoms with Crippen molar-refractivity contribution in [1.29, 1.82) is 0 Å². The molecule has 182 valence electrons. The zero-order valence-corrected chi connectivity index (χ0v) is 20.6. The molecule has 0 aromatic heterocycles. The van der Waals surface area contributed by atoms with Gasteiger partial charge in [-0.05, 0) is 6.42 Å². The summed E-state index contributed by atoms with van der Waals surface area (Å²) < 4.78 is 28.7. The lowest BCUT2D eigenvalue weighted by atomic mass is 10.0. The lowest BCUT2D eigenvalue weighted by Gasteiger charge is -2.21. The van der Waals surface area contributed by atoms with E-state index < -0.39 is 28.7 Å². The first-order valence-electron chi connectivity index (χ1n) is 12.5. The molecule has 0 bridgehead atoms. The summed E-state index contributed by atoms with van der Waals surface area (Å²) in [4.78, 5) is 0. The largest absolute Gasteiger partial charge is 0.395 e. The van der Waals surface area contributed by atoms with Gasteiger partial charge in [-0.2, -0.15) is 0 Å². The summed E-state index contributed by atoms with van der Waals surface area (Å²) in [6.07, 6.45) is 20.0. The average molecular weight is 451 g/mol. The van der Waals surface area contributed by atoms with E-state index >= 15 is 0 Å². The smallest absolute Gasteiger partial charge is 0.155 e. The predicted octanol–water partition coefficient (Wildman–Crippen LogP) is 5.42. The topological polar surface area (TPSA) is 83.8 Å². The fourth-order valence-corrected chi connectivity index (χ4v) is 5.20. The highest BCUT2D eigenvalue weighted by Crippen LogP contribution is 2.15. The van der Waals surface area contributed by atoms with Gasteiger partial charge in [0.15, 0.2) is 9.84 Å². The highest BCUT2D eigenvalue weighted by atomic mass is 32.2. The number of unbranched alkanes of at least 4 members (excludes halogenated alkanes) is 15. The van der Waals surface area contributed by atoms with Gasteiger partial charge in [-0.25, -0.2) is 8.42 Å². The zero-order valence-electron chi connectivity index (χ0n) is 19.8. The lowest BCUT2D eigenvalue weighted by Crippen LogP contribution is -2.36. The van der Waals surface area contributed by atoms with E-state index in [1.807, 2.05) is 0 Å². The second-order valence-corrected chi connectivity index (χ2v) is 11.0. The number of rotatable bonds is 23. The Morgan fingerprint density at radius 2 is 1.13 bits per heavy atom. The van der Waals surface area contributed by atoms with Gasteiger partial charge in [0.1, 0.15) is 0 Å². The normalized spacial score (nSPS) is 14.1. The van der Waals surface area contributed by atoms with Crippen molar-refractivity contribution in [3.8, 4) is 0 Å². The molecule has 0 saturated heterocycles. The molecule has 0 aliphatic rings. The van der Waals surface area contributed by atoms with Crippen LogP contribution in [0.25, 0.3) is 0 Å². The van der Waals surface area contributed by atoms with Gasteiger partial charge in [0.05, 0.1) is 30.3 Å². The third kappa shape index (κ3) is 18.6. The number of hydrogen-bond donors (Lipinski definition) is 2. The number of ether oxygens (including phenoxy) is 1. The standard InChI is InChI=1S/C24H50O5S/c1-3-4-5-6-7-8-9-10-11-12-13-14-15-16-17-18-19-23(26)24(29-2)22-30(27,28)21-20-25/h23-26H,3-22H2,1-2H3. The molecule has 0 aromatic carbocycles. The Balaban J connectivity index is 3.50. The van der Waals surface area contributed by atoms with Crippen LogP contribution < -0.4 is 0 Å². The molecular formula is C24H50O5S. The van der Waals surface area contributed by atoms with E-state index in [4.69, 9.17) is 9.84 Å². The van der Waals surface area contributed by atoms with Gasteiger partial charge in [-0.15, -0.1) is 0 Å². The van der Waals surface area contributed by atoms with Gasteiger partial charge in [0, 0.05) is 7.11 Å². The maximum Gasteiger partial charge on any atom is 0.155 e. The monoisotopic (exact) mass is 450 g/mol. The highest BCUT2D eigenvalue weighted by molar-refractivity contribution is 7.91. The van der Waals surface area contributed by atoms with E-state index in [1.165, 1.54) is 97.0 Å². The van der Waals surface area contributed by atoms with Gasteiger partial charge in [-0.1, -0.05) is 110 Å². The number of aliphatic hydroxyl groups excluding tert-OH is 2. The molecule has 0 rings (SSSR count). The third-order valence-electron chi connectivity index (χ3n) is 5.91. The van der Waals surface area contributed by atoms with Gasteiger partial charge >= 0.3 is 0 Å². The summed E-state index contributed by atoms with van der Waals surface area (Å²) >= 11 is 0. The number of sulfone groups is 1. The van der Waals surface area contributed by atoms with Crippen LogP contribution in [0.5, 0.6) is 0 Å². The van der Waals surface area contributed by atoms with Crippen molar-refractivity contribution in [2.75, 3.05) is 25.2 Å². The van der Waals surface area contributed by atoms with E-state index in [0.29, 0.717) is 6.42 Å². The summed E-state index contributed by atoms with van der Waals surface area (Å²) in [6.45, 7) is 1.87. The Kier molecular flexibility index (Phi) is 20.6. The van der Waals surface area contributed by atoms with Gasteiger partial charge in [0.2, 0.25) is 0 Å². The molecule has 2 atom stereocenters. The minimum atomic E-state index is -3.38. The van der Waals surface area contributed by atoms with E-state index in [2.05, 4.69) is 6.92 Å². The van der Waals surface area contributed by atoms with Crippen LogP contribution in [0.3, 0.4) is 0 Å². The minimum absolute atomic E-state index is 0.232. The Bertz CT molecular complexity index is 453. The average Bonchev–Trinajstić information content (AvgIpc) is 2.71. The second kappa shape index (κ2) is 20.7. The van der Waals surface area contributed by atoms with E-state index in [-0.39, 0.29) is 11.5 Å². The molecule has 0 aromatic rings. The van der Waals surface area contributed by atoms with Crippen molar-refractivity contribution in [2.24, 2.45) is 0 Å². The molecule has 0 radical (unpaired) electrons. The molecule has 6 heteroatoms. The summed E-state index contributed by atoms with van der Waals surface area (Å²) in [5.74, 6) is -0.511. The van der Waals surface area contributed by atoms with Gasteiger partial charge < -0.3 is 14.9 Å². The molecule has 30 heavy (non-hydrogen) atoms. The first kappa shape index (κ1) is 29.8. The minimum Gasteiger partial charge on any atom is -0.395 e. The van der Waals surface area contributed by atoms with Crippen LogP contribution in [0.2, 0.25) is 0 Å². The molecule has 0 aliphatic carbocycles. The fraction of sp³-hybridized carbons (Fsp3) is 1.00. The van der Waals surface area contributed by atoms with Crippen molar-refractivity contribution in [3.63, 3.8) is 0 Å². The molecule has 2 unspecified atom stereocenters. The Labute approximate surface area is 186 Å². The molecule has 0 saturated carbocycles. The molecule has 0 heterocycles. The van der Waals surface area contributed by atoms with Crippen LogP contribution in [0.1, 0.15) is 116 Å². The Morgan fingerprint density at radius 3 is 1.50 bits per heavy atom. The summed E-state index contributed by atoms with van der Waals surface area (Å²) in [5, 5.41) is 19.0. The predicted molar refractivity (Wildman–Crippen MR) is 127 cm³/mol. The van der Waals surface area contributed by atoms with E-state index in [9.17, 15) is 13.5 Å². The maximum atomic E-state index is 11.8. The van der Waals surface area contributed by atoms with Crippen molar-refractivity contribution in [3.05, 3.63) is 0 Å². The van der Waals surface area contributed by atoms with Crippen LogP contribution in [-0.2, 0) is 14.6 Å². The Hall–Kier alpha value is -0.170. The zero-order chi connectivity index (χ0) is 22.5. The first-order chi connectivity index (χ1) is 14.5. The second-order valence-electron chi connectivity index (χ2n) is 8.77. The van der Waals surface area contributed by atoms with Crippen LogP contribution >= 0.6 is 0 Å². The maximum absolute atomic E-state index is 11.8. The van der Waals surface area contributed by atoms with Crippen LogP contribution in [0.4, 0.5) is 0 Å². The van der Waals surface area contributed by atoms with Crippen molar-refractivity contribution in [1.82, 2.24) is 0 Å². The summed E-state index contributed by atoms with van der Waals surface area (Å²) in [6, 6.07) is 0. The molecule has 0 fully saturated rings. The van der Waals surface area contributed by atoms with Crippen LogP contribution in [0, 0.1) is 0 Å². The Morgan fingerprint density at radius 1 is 0.733 bits per heavy atom. The van der Waals surface area contributed by atoms with Gasteiger partial charge in [0.25, 0.3) is 0 Å². The SMILES string of the molecule is CCCCCCCCCCCCCCCCCCC(O)C(CS(=O)(=O)CCO)OC. The number of methoxy groups -OCH3 is 1. The van der Waals surface area contributed by atoms with Crippen molar-refractivity contribution in [2.45, 2.75) is 128 Å².